The molecular weight excluding hydrogens is 565 g/mol. The summed E-state index contributed by atoms with van der Waals surface area (Å²) in [5.74, 6) is 1.51. The molecule has 0 amide bonds. The molecule has 0 aliphatic carbocycles. The Hall–Kier alpha value is -3.02. The molecule has 3 fully saturated rings. The lowest BCUT2D eigenvalue weighted by atomic mass is 9.90. The van der Waals surface area contributed by atoms with Crippen LogP contribution in [0.3, 0.4) is 0 Å². The first-order valence-corrected chi connectivity index (χ1v) is 14.8. The Labute approximate surface area is 247 Å². The molecule has 12 heteroatoms. The standard InChI is InChI=1S/C29H31Cl2N7O3/c1-18(27-21(30)13-32-14-22(27)31)41-19-5-7-24-20(12-19)28(36-38(24)26-4-2-3-10-40-26)23-6-8-25(35-34-23)37-15-29(16-37)17-39-11-9-33-29/h5-8,12-14,18,26,33H,2-4,9-11,15-17H2,1H3/t18-,26?/m1/s1. The van der Waals surface area contributed by atoms with E-state index in [0.717, 1.165) is 81.1 Å². The summed E-state index contributed by atoms with van der Waals surface area (Å²) in [5, 5.41) is 19.6. The zero-order chi connectivity index (χ0) is 28.0. The van der Waals surface area contributed by atoms with Crippen LogP contribution in [0, 0.1) is 0 Å². The smallest absolute Gasteiger partial charge is 0.151 e. The second-order valence-corrected chi connectivity index (χ2v) is 11.8. The minimum absolute atomic E-state index is 0.0197. The number of hydrogen-bond donors (Lipinski definition) is 1. The number of nitrogens with one attached hydrogen (secondary N) is 1. The van der Waals surface area contributed by atoms with Crippen molar-refractivity contribution in [2.24, 2.45) is 0 Å². The molecule has 1 aromatic carbocycles. The summed E-state index contributed by atoms with van der Waals surface area (Å²) in [5.41, 5.74) is 3.08. The minimum atomic E-state index is -0.390. The topological polar surface area (TPSA) is 99.5 Å². The normalized spacial score (nSPS) is 21.1. The molecule has 41 heavy (non-hydrogen) atoms. The molecular formula is C29H31Cl2N7O3. The van der Waals surface area contributed by atoms with E-state index >= 15 is 0 Å². The van der Waals surface area contributed by atoms with Crippen LogP contribution in [0.25, 0.3) is 22.3 Å². The van der Waals surface area contributed by atoms with Crippen LogP contribution in [0.4, 0.5) is 5.82 Å². The molecule has 10 nitrogen and oxygen atoms in total. The maximum atomic E-state index is 6.39. The number of benzene rings is 1. The summed E-state index contributed by atoms with van der Waals surface area (Å²) in [4.78, 5) is 6.26. The van der Waals surface area contributed by atoms with Crippen LogP contribution in [-0.2, 0) is 9.47 Å². The van der Waals surface area contributed by atoms with Crippen LogP contribution in [0.1, 0.15) is 44.1 Å². The van der Waals surface area contributed by atoms with Crippen molar-refractivity contribution in [3.8, 4) is 17.1 Å². The highest BCUT2D eigenvalue weighted by atomic mass is 35.5. The number of hydrogen-bond acceptors (Lipinski definition) is 9. The van der Waals surface area contributed by atoms with Crippen molar-refractivity contribution < 1.29 is 14.2 Å². The second-order valence-electron chi connectivity index (χ2n) is 11.0. The zero-order valence-corrected chi connectivity index (χ0v) is 24.2. The first kappa shape index (κ1) is 26.9. The lowest BCUT2D eigenvalue weighted by Crippen LogP contribution is -2.73. The molecule has 1 N–H and O–H groups in total. The van der Waals surface area contributed by atoms with Gasteiger partial charge >= 0.3 is 0 Å². The molecule has 3 saturated heterocycles. The Morgan fingerprint density at radius 3 is 2.63 bits per heavy atom. The van der Waals surface area contributed by atoms with Crippen molar-refractivity contribution in [2.75, 3.05) is 44.4 Å². The second kappa shape index (κ2) is 11.0. The van der Waals surface area contributed by atoms with E-state index in [0.29, 0.717) is 27.1 Å². The first-order valence-electron chi connectivity index (χ1n) is 14.0. The van der Waals surface area contributed by atoms with Crippen molar-refractivity contribution in [3.63, 3.8) is 0 Å². The largest absolute Gasteiger partial charge is 0.486 e. The van der Waals surface area contributed by atoms with Crippen molar-refractivity contribution in [1.82, 2.24) is 30.3 Å². The number of ether oxygens (including phenoxy) is 3. The predicted molar refractivity (Wildman–Crippen MR) is 157 cm³/mol. The van der Waals surface area contributed by atoms with E-state index in [9.17, 15) is 0 Å². The molecule has 0 bridgehead atoms. The van der Waals surface area contributed by atoms with Gasteiger partial charge in [0.1, 0.15) is 23.2 Å². The summed E-state index contributed by atoms with van der Waals surface area (Å²) in [6, 6.07) is 9.93. The molecule has 3 aliphatic heterocycles. The van der Waals surface area contributed by atoms with Crippen LogP contribution in [0.2, 0.25) is 10.0 Å². The Morgan fingerprint density at radius 2 is 1.93 bits per heavy atom. The van der Waals surface area contributed by atoms with Crippen molar-refractivity contribution in [1.29, 1.82) is 0 Å². The van der Waals surface area contributed by atoms with Crippen LogP contribution in [-0.4, -0.2) is 70.0 Å². The Bertz CT molecular complexity index is 1520. The minimum Gasteiger partial charge on any atom is -0.486 e. The van der Waals surface area contributed by atoms with E-state index in [-0.39, 0.29) is 11.8 Å². The Kier molecular flexibility index (Phi) is 7.20. The first-order chi connectivity index (χ1) is 20.0. The number of aromatic nitrogens is 5. The van der Waals surface area contributed by atoms with Gasteiger partial charge in [0.15, 0.2) is 12.0 Å². The fourth-order valence-electron chi connectivity index (χ4n) is 5.97. The summed E-state index contributed by atoms with van der Waals surface area (Å²) in [7, 11) is 0. The van der Waals surface area contributed by atoms with E-state index in [1.165, 1.54) is 0 Å². The van der Waals surface area contributed by atoms with Gasteiger partial charge in [0.2, 0.25) is 0 Å². The number of halogens is 2. The van der Waals surface area contributed by atoms with Crippen LogP contribution in [0.15, 0.2) is 42.7 Å². The van der Waals surface area contributed by atoms with Gasteiger partial charge in [-0.05, 0) is 56.5 Å². The van der Waals surface area contributed by atoms with E-state index in [4.69, 9.17) is 42.5 Å². The Balaban J connectivity index is 1.20. The van der Waals surface area contributed by atoms with E-state index in [1.807, 2.05) is 41.9 Å². The molecule has 0 radical (unpaired) electrons. The van der Waals surface area contributed by atoms with Crippen LogP contribution in [0.5, 0.6) is 5.75 Å². The van der Waals surface area contributed by atoms with Gasteiger partial charge < -0.3 is 24.4 Å². The highest BCUT2D eigenvalue weighted by molar-refractivity contribution is 6.35. The molecule has 3 aliphatic rings. The van der Waals surface area contributed by atoms with Gasteiger partial charge in [0.05, 0.1) is 34.3 Å². The molecule has 1 spiro atoms. The van der Waals surface area contributed by atoms with Gasteiger partial charge in [-0.25, -0.2) is 4.68 Å². The van der Waals surface area contributed by atoms with Gasteiger partial charge in [0, 0.05) is 49.6 Å². The summed E-state index contributed by atoms with van der Waals surface area (Å²) in [6.45, 7) is 6.70. The third-order valence-electron chi connectivity index (χ3n) is 8.04. The maximum Gasteiger partial charge on any atom is 0.151 e. The molecule has 4 aromatic rings. The van der Waals surface area contributed by atoms with Gasteiger partial charge in [0.25, 0.3) is 0 Å². The predicted octanol–water partition coefficient (Wildman–Crippen LogP) is 5.21. The number of anilines is 1. The molecule has 214 valence electrons. The molecule has 3 aromatic heterocycles. The van der Waals surface area contributed by atoms with Crippen LogP contribution >= 0.6 is 23.2 Å². The molecule has 0 saturated carbocycles. The third kappa shape index (κ3) is 5.12. The quantitative estimate of drug-likeness (QED) is 0.322. The number of pyridine rings is 1. The summed E-state index contributed by atoms with van der Waals surface area (Å²) >= 11 is 12.8. The average molecular weight is 597 g/mol. The monoisotopic (exact) mass is 595 g/mol. The van der Waals surface area contributed by atoms with Gasteiger partial charge in [-0.2, -0.15) is 5.10 Å². The van der Waals surface area contributed by atoms with Crippen molar-refractivity contribution >= 4 is 39.9 Å². The van der Waals surface area contributed by atoms with E-state index in [1.54, 1.807) is 12.4 Å². The fourth-order valence-corrected chi connectivity index (χ4v) is 6.64. The molecule has 6 heterocycles. The fraction of sp³-hybridized carbons (Fsp3) is 0.448. The number of nitrogens with zero attached hydrogens (tertiary/aromatic N) is 6. The zero-order valence-electron chi connectivity index (χ0n) is 22.7. The summed E-state index contributed by atoms with van der Waals surface area (Å²) < 4.78 is 20.1. The van der Waals surface area contributed by atoms with Crippen LogP contribution < -0.4 is 15.0 Å². The lowest BCUT2D eigenvalue weighted by Gasteiger charge is -2.52. The average Bonchev–Trinajstić information content (AvgIpc) is 3.36. The van der Waals surface area contributed by atoms with Gasteiger partial charge in [-0.15, -0.1) is 10.2 Å². The number of rotatable bonds is 6. The van der Waals surface area contributed by atoms with E-state index < -0.39 is 6.10 Å². The van der Waals surface area contributed by atoms with Crippen molar-refractivity contribution in [3.05, 3.63) is 58.3 Å². The molecule has 2 atom stereocenters. The molecule has 1 unspecified atom stereocenters. The number of morpholine rings is 1. The van der Waals surface area contributed by atoms with Gasteiger partial charge in [-0.1, -0.05) is 23.2 Å². The summed E-state index contributed by atoms with van der Waals surface area (Å²) in [6.07, 6.45) is 5.68. The third-order valence-corrected chi connectivity index (χ3v) is 8.65. The van der Waals surface area contributed by atoms with Gasteiger partial charge in [-0.3, -0.25) is 4.98 Å². The SMILES string of the molecule is C[C@@H](Oc1ccc2c(c1)c(-c1ccc(N3CC4(COCCN4)C3)nn1)nn2C1CCCCO1)c1c(Cl)cncc1Cl. The highest BCUT2D eigenvalue weighted by Crippen LogP contribution is 2.37. The highest BCUT2D eigenvalue weighted by Gasteiger charge is 2.45. The van der Waals surface area contributed by atoms with E-state index in [2.05, 4.69) is 25.4 Å². The van der Waals surface area contributed by atoms with Crippen molar-refractivity contribution in [2.45, 2.75) is 44.1 Å². The lowest BCUT2D eigenvalue weighted by molar-refractivity contribution is -0.0365. The number of fused-ring (bicyclic) bond motifs is 1. The molecule has 7 rings (SSSR count). The maximum absolute atomic E-state index is 6.39. The Morgan fingerprint density at radius 1 is 1.07 bits per heavy atom.